The van der Waals surface area contributed by atoms with Gasteiger partial charge in [-0.25, -0.2) is 8.78 Å². The maximum Gasteiger partial charge on any atom is 0.258 e. The van der Waals surface area contributed by atoms with Crippen LogP contribution in [0.1, 0.15) is 0 Å². The van der Waals surface area contributed by atoms with Crippen LogP contribution in [0.25, 0.3) is 22.8 Å². The molecule has 0 amide bonds. The Labute approximate surface area is 132 Å². The maximum absolute atomic E-state index is 14.0. The topological polar surface area (TPSA) is 48.2 Å². The summed E-state index contributed by atoms with van der Waals surface area (Å²) in [5.41, 5.74) is 0.575. The normalized spacial score (nSPS) is 10.7. The number of hydrogen-bond donors (Lipinski definition) is 0. The molecule has 0 saturated heterocycles. The Morgan fingerprint density at radius 3 is 2.73 bits per heavy atom. The highest BCUT2D eigenvalue weighted by Gasteiger charge is 2.16. The van der Waals surface area contributed by atoms with Gasteiger partial charge in [-0.3, -0.25) is 0 Å². The lowest BCUT2D eigenvalue weighted by atomic mass is 10.2. The van der Waals surface area contributed by atoms with Crippen LogP contribution in [0.15, 0.2) is 45.4 Å². The van der Waals surface area contributed by atoms with E-state index in [-0.39, 0.29) is 23.0 Å². The van der Waals surface area contributed by atoms with E-state index in [9.17, 15) is 8.78 Å². The standard InChI is InChI=1S/C15H9BrF2N2O2/c1-21-12-6-5-8(7-11(12)17)15-19-14(20-22-15)9-3-2-4-10(16)13(9)18/h2-7H,1H3. The molecule has 22 heavy (non-hydrogen) atoms. The molecule has 0 fully saturated rings. The van der Waals surface area contributed by atoms with E-state index in [1.807, 2.05) is 0 Å². The van der Waals surface area contributed by atoms with E-state index in [1.54, 1.807) is 18.2 Å². The number of benzene rings is 2. The van der Waals surface area contributed by atoms with Crippen molar-refractivity contribution in [2.45, 2.75) is 0 Å². The molecule has 0 aliphatic heterocycles. The number of nitrogens with zero attached hydrogens (tertiary/aromatic N) is 2. The second-order valence-electron chi connectivity index (χ2n) is 4.37. The van der Waals surface area contributed by atoms with Crippen molar-refractivity contribution in [2.24, 2.45) is 0 Å². The van der Waals surface area contributed by atoms with Crippen molar-refractivity contribution in [1.29, 1.82) is 0 Å². The third-order valence-electron chi connectivity index (χ3n) is 3.02. The largest absolute Gasteiger partial charge is 0.494 e. The number of ether oxygens (including phenoxy) is 1. The van der Waals surface area contributed by atoms with Gasteiger partial charge in [0.1, 0.15) is 5.82 Å². The van der Waals surface area contributed by atoms with E-state index < -0.39 is 11.6 Å². The summed E-state index contributed by atoms with van der Waals surface area (Å²) in [5.74, 6) is -0.744. The summed E-state index contributed by atoms with van der Waals surface area (Å²) in [7, 11) is 1.37. The number of aromatic nitrogens is 2. The smallest absolute Gasteiger partial charge is 0.258 e. The van der Waals surface area contributed by atoms with Gasteiger partial charge in [-0.2, -0.15) is 4.98 Å². The highest BCUT2D eigenvalue weighted by Crippen LogP contribution is 2.29. The second-order valence-corrected chi connectivity index (χ2v) is 5.23. The summed E-state index contributed by atoms with van der Waals surface area (Å²) in [6.45, 7) is 0. The van der Waals surface area contributed by atoms with E-state index in [2.05, 4.69) is 26.1 Å². The summed E-state index contributed by atoms with van der Waals surface area (Å²) in [6.07, 6.45) is 0. The first-order valence-electron chi connectivity index (χ1n) is 6.22. The van der Waals surface area contributed by atoms with Crippen LogP contribution in [0.5, 0.6) is 5.75 Å². The fourth-order valence-electron chi connectivity index (χ4n) is 1.93. The quantitative estimate of drug-likeness (QED) is 0.686. The number of rotatable bonds is 3. The van der Waals surface area contributed by atoms with Gasteiger partial charge in [0.05, 0.1) is 17.1 Å². The van der Waals surface area contributed by atoms with Crippen molar-refractivity contribution in [3.05, 3.63) is 52.5 Å². The highest BCUT2D eigenvalue weighted by atomic mass is 79.9. The SMILES string of the molecule is COc1ccc(-c2nc(-c3cccc(Br)c3F)no2)cc1F. The maximum atomic E-state index is 14.0. The van der Waals surface area contributed by atoms with Crippen LogP contribution in [-0.4, -0.2) is 17.3 Å². The molecular formula is C15H9BrF2N2O2. The Hall–Kier alpha value is -2.28. The highest BCUT2D eigenvalue weighted by molar-refractivity contribution is 9.10. The molecule has 112 valence electrons. The van der Waals surface area contributed by atoms with Crippen molar-refractivity contribution < 1.29 is 18.0 Å². The Morgan fingerprint density at radius 2 is 2.00 bits per heavy atom. The second kappa shape index (κ2) is 5.84. The molecule has 7 heteroatoms. The number of methoxy groups -OCH3 is 1. The molecule has 3 aromatic rings. The van der Waals surface area contributed by atoms with E-state index in [0.29, 0.717) is 10.0 Å². The van der Waals surface area contributed by atoms with Crippen molar-refractivity contribution >= 4 is 15.9 Å². The first-order chi connectivity index (χ1) is 10.6. The van der Waals surface area contributed by atoms with Gasteiger partial charge < -0.3 is 9.26 Å². The van der Waals surface area contributed by atoms with Gasteiger partial charge in [-0.15, -0.1) is 0 Å². The van der Waals surface area contributed by atoms with Crippen LogP contribution in [0.2, 0.25) is 0 Å². The zero-order chi connectivity index (χ0) is 15.7. The lowest BCUT2D eigenvalue weighted by Crippen LogP contribution is -1.89. The number of hydrogen-bond acceptors (Lipinski definition) is 4. The van der Waals surface area contributed by atoms with Crippen LogP contribution in [0, 0.1) is 11.6 Å². The van der Waals surface area contributed by atoms with Crippen LogP contribution in [0.4, 0.5) is 8.78 Å². The van der Waals surface area contributed by atoms with Gasteiger partial charge >= 0.3 is 0 Å². The van der Waals surface area contributed by atoms with Gasteiger partial charge in [0.15, 0.2) is 11.6 Å². The summed E-state index contributed by atoms with van der Waals surface area (Å²) >= 11 is 3.10. The fourth-order valence-corrected chi connectivity index (χ4v) is 2.29. The van der Waals surface area contributed by atoms with E-state index in [4.69, 9.17) is 9.26 Å². The predicted octanol–water partition coefficient (Wildman–Crippen LogP) is 4.45. The average Bonchev–Trinajstić information content (AvgIpc) is 2.99. The molecule has 0 aliphatic carbocycles. The van der Waals surface area contributed by atoms with E-state index >= 15 is 0 Å². The molecule has 0 bridgehead atoms. The van der Waals surface area contributed by atoms with Crippen LogP contribution in [-0.2, 0) is 0 Å². The molecular weight excluding hydrogens is 358 g/mol. The van der Waals surface area contributed by atoms with Gasteiger partial charge in [0.2, 0.25) is 5.82 Å². The van der Waals surface area contributed by atoms with Crippen molar-refractivity contribution in [3.63, 3.8) is 0 Å². The summed E-state index contributed by atoms with van der Waals surface area (Å²) in [4.78, 5) is 4.10. The minimum atomic E-state index is -0.548. The first kappa shape index (κ1) is 14.6. The molecule has 1 heterocycles. The van der Waals surface area contributed by atoms with Crippen LogP contribution >= 0.6 is 15.9 Å². The molecule has 0 aliphatic rings. The first-order valence-corrected chi connectivity index (χ1v) is 7.01. The summed E-state index contributed by atoms with van der Waals surface area (Å²) < 4.78 is 37.9. The van der Waals surface area contributed by atoms with E-state index in [0.717, 1.165) is 0 Å². The molecule has 0 N–H and O–H groups in total. The molecule has 0 unspecified atom stereocenters. The molecule has 0 saturated carbocycles. The minimum absolute atomic E-state index is 0.0880. The zero-order valence-corrected chi connectivity index (χ0v) is 12.9. The van der Waals surface area contributed by atoms with Crippen molar-refractivity contribution in [1.82, 2.24) is 10.1 Å². The molecule has 2 aromatic carbocycles. The third kappa shape index (κ3) is 2.59. The molecule has 1 aromatic heterocycles. The Balaban J connectivity index is 2.00. The van der Waals surface area contributed by atoms with Gasteiger partial charge in [-0.1, -0.05) is 11.2 Å². The lowest BCUT2D eigenvalue weighted by molar-refractivity contribution is 0.386. The third-order valence-corrected chi connectivity index (χ3v) is 3.63. The molecule has 0 radical (unpaired) electrons. The van der Waals surface area contributed by atoms with Crippen molar-refractivity contribution in [3.8, 4) is 28.6 Å². The predicted molar refractivity (Wildman–Crippen MR) is 79.3 cm³/mol. The van der Waals surface area contributed by atoms with Gasteiger partial charge in [0, 0.05) is 5.56 Å². The molecule has 0 atom stereocenters. The molecule has 0 spiro atoms. The number of halogens is 3. The van der Waals surface area contributed by atoms with Gasteiger partial charge in [-0.05, 0) is 46.3 Å². The lowest BCUT2D eigenvalue weighted by Gasteiger charge is -2.01. The van der Waals surface area contributed by atoms with Crippen molar-refractivity contribution in [2.75, 3.05) is 7.11 Å². The van der Waals surface area contributed by atoms with Crippen LogP contribution < -0.4 is 4.74 Å². The van der Waals surface area contributed by atoms with Crippen LogP contribution in [0.3, 0.4) is 0 Å². The Morgan fingerprint density at radius 1 is 1.18 bits per heavy atom. The van der Waals surface area contributed by atoms with Gasteiger partial charge in [0.25, 0.3) is 5.89 Å². The summed E-state index contributed by atoms with van der Waals surface area (Å²) in [6, 6.07) is 9.01. The monoisotopic (exact) mass is 366 g/mol. The minimum Gasteiger partial charge on any atom is -0.494 e. The molecule has 3 rings (SSSR count). The Bertz CT molecular complexity index is 836. The zero-order valence-electron chi connectivity index (χ0n) is 11.3. The average molecular weight is 367 g/mol. The molecule has 4 nitrogen and oxygen atoms in total. The summed E-state index contributed by atoms with van der Waals surface area (Å²) in [5, 5.41) is 3.74. The van der Waals surface area contributed by atoms with E-state index in [1.165, 1.54) is 25.3 Å². The fraction of sp³-hybridized carbons (Fsp3) is 0.0667. The Kier molecular flexibility index (Phi) is 3.89.